The molecule has 3 rings (SSSR count). The molecule has 2 aromatic carbocycles. The van der Waals surface area contributed by atoms with Crippen molar-refractivity contribution in [1.82, 2.24) is 20.7 Å². The molecule has 4 amide bonds. The van der Waals surface area contributed by atoms with E-state index >= 15 is 0 Å². The van der Waals surface area contributed by atoms with Gasteiger partial charge in [-0.3, -0.25) is 24.2 Å². The first-order valence-corrected chi connectivity index (χ1v) is 12.1. The fourth-order valence-corrected chi connectivity index (χ4v) is 4.44. The third-order valence-electron chi connectivity index (χ3n) is 6.02. The Morgan fingerprint density at radius 3 is 2.22 bits per heavy atom. The second-order valence-corrected chi connectivity index (χ2v) is 9.84. The smallest absolute Gasteiger partial charge is 0.273 e. The average molecular weight is 515 g/mol. The van der Waals surface area contributed by atoms with Crippen LogP contribution in [-0.4, -0.2) is 52.8 Å². The van der Waals surface area contributed by atoms with E-state index in [-0.39, 0.29) is 41.8 Å². The van der Waals surface area contributed by atoms with Crippen molar-refractivity contribution in [2.75, 3.05) is 7.05 Å². The van der Waals surface area contributed by atoms with Crippen molar-refractivity contribution in [3.8, 4) is 0 Å². The van der Waals surface area contributed by atoms with Crippen LogP contribution in [0.3, 0.4) is 0 Å². The number of carbonyl (C=O) groups is 4. The van der Waals surface area contributed by atoms with Gasteiger partial charge in [-0.15, -0.1) is 0 Å². The maximum Gasteiger partial charge on any atom is 0.273 e. The topological polar surface area (TPSA) is 98.8 Å². The first-order chi connectivity index (χ1) is 17.4. The van der Waals surface area contributed by atoms with Crippen molar-refractivity contribution in [2.24, 2.45) is 5.92 Å². The van der Waals surface area contributed by atoms with E-state index in [4.69, 9.17) is 0 Å². The van der Waals surface area contributed by atoms with Crippen LogP contribution in [0.4, 0.5) is 8.78 Å². The fourth-order valence-electron chi connectivity index (χ4n) is 4.44. The number of halogens is 2. The molecule has 0 radical (unpaired) electrons. The van der Waals surface area contributed by atoms with Crippen LogP contribution in [0.25, 0.3) is 0 Å². The van der Waals surface area contributed by atoms with Gasteiger partial charge in [0, 0.05) is 24.7 Å². The van der Waals surface area contributed by atoms with E-state index in [2.05, 4.69) is 10.6 Å². The third kappa shape index (κ3) is 6.49. The van der Waals surface area contributed by atoms with Crippen LogP contribution in [-0.2, 0) is 20.8 Å². The van der Waals surface area contributed by atoms with E-state index < -0.39 is 41.4 Å². The third-order valence-corrected chi connectivity index (χ3v) is 6.02. The summed E-state index contributed by atoms with van der Waals surface area (Å²) in [6, 6.07) is 6.89. The molecule has 1 unspecified atom stereocenters. The molecule has 10 heteroatoms. The van der Waals surface area contributed by atoms with Crippen molar-refractivity contribution in [3.63, 3.8) is 0 Å². The van der Waals surface area contributed by atoms with E-state index in [1.807, 2.05) is 13.8 Å². The van der Waals surface area contributed by atoms with Gasteiger partial charge < -0.3 is 10.6 Å². The first kappa shape index (κ1) is 27.8. The van der Waals surface area contributed by atoms with Gasteiger partial charge in [0.05, 0.1) is 6.42 Å². The highest BCUT2D eigenvalue weighted by Crippen LogP contribution is 2.28. The number of hydrogen-bond acceptors (Lipinski definition) is 4. The molecule has 8 nitrogen and oxygen atoms in total. The highest BCUT2D eigenvalue weighted by Gasteiger charge is 2.40. The summed E-state index contributed by atoms with van der Waals surface area (Å²) in [5.41, 5.74) is 0.767. The van der Waals surface area contributed by atoms with Crippen LogP contribution in [0.15, 0.2) is 42.5 Å². The summed E-state index contributed by atoms with van der Waals surface area (Å²) in [6.07, 6.45) is -0.0765. The Balaban J connectivity index is 1.86. The Labute approximate surface area is 215 Å². The monoisotopic (exact) mass is 514 g/mol. The van der Waals surface area contributed by atoms with E-state index in [9.17, 15) is 28.0 Å². The van der Waals surface area contributed by atoms with Crippen molar-refractivity contribution in [1.29, 1.82) is 0 Å². The van der Waals surface area contributed by atoms with E-state index in [0.29, 0.717) is 11.6 Å². The highest BCUT2D eigenvalue weighted by molar-refractivity contribution is 6.02. The van der Waals surface area contributed by atoms with Crippen molar-refractivity contribution >= 4 is 23.6 Å². The zero-order chi connectivity index (χ0) is 27.4. The number of amides is 4. The summed E-state index contributed by atoms with van der Waals surface area (Å²) in [4.78, 5) is 52.7. The quantitative estimate of drug-likeness (QED) is 0.566. The lowest BCUT2D eigenvalue weighted by atomic mass is 9.98. The molecule has 1 heterocycles. The fraction of sp³-hybridized carbons (Fsp3) is 0.407. The van der Waals surface area contributed by atoms with E-state index in [1.165, 1.54) is 17.1 Å². The summed E-state index contributed by atoms with van der Waals surface area (Å²) < 4.78 is 27.1. The molecule has 37 heavy (non-hydrogen) atoms. The van der Waals surface area contributed by atoms with Crippen LogP contribution < -0.4 is 10.6 Å². The summed E-state index contributed by atoms with van der Waals surface area (Å²) in [5.74, 6) is -3.70. The molecule has 1 aliphatic rings. The first-order valence-electron chi connectivity index (χ1n) is 12.1. The molecule has 198 valence electrons. The SMILES string of the molecule is CC(C)C[C@H](NC(=O)Cc1cc(F)cc(F)c1)C(=O)NC1C(=O)N(C)N(C(C)C)C(=O)c2ccccc21. The Morgan fingerprint density at radius 2 is 1.62 bits per heavy atom. The van der Waals surface area contributed by atoms with Crippen LogP contribution in [0.5, 0.6) is 0 Å². The number of nitrogens with zero attached hydrogens (tertiary/aromatic N) is 2. The Kier molecular flexibility index (Phi) is 8.62. The van der Waals surface area contributed by atoms with E-state index in [0.717, 1.165) is 12.1 Å². The van der Waals surface area contributed by atoms with Crippen LogP contribution in [0.1, 0.15) is 61.6 Å². The summed E-state index contributed by atoms with van der Waals surface area (Å²) in [7, 11) is 1.47. The van der Waals surface area contributed by atoms with Crippen LogP contribution in [0, 0.1) is 17.6 Å². The van der Waals surface area contributed by atoms with Gasteiger partial charge in [-0.2, -0.15) is 0 Å². The molecule has 1 aliphatic heterocycles. The maximum absolute atomic E-state index is 13.5. The molecule has 0 fully saturated rings. The minimum atomic E-state index is -1.16. The zero-order valence-corrected chi connectivity index (χ0v) is 21.5. The zero-order valence-electron chi connectivity index (χ0n) is 21.5. The molecule has 0 bridgehead atoms. The number of nitrogens with one attached hydrogen (secondary N) is 2. The number of hydrogen-bond donors (Lipinski definition) is 2. The lowest BCUT2D eigenvalue weighted by molar-refractivity contribution is -0.147. The normalized spacial score (nSPS) is 16.5. The standard InChI is InChI=1S/C27H32F2N4O4/c1-15(2)10-22(30-23(34)13-17-11-18(28)14-19(29)12-17)25(35)31-24-20-8-6-7-9-21(20)26(36)33(16(3)4)32(5)27(24)37/h6-9,11-12,14-16,22,24H,10,13H2,1-5H3,(H,30,34)(H,31,35)/t22-,24?/m0/s1. The highest BCUT2D eigenvalue weighted by atomic mass is 19.1. The van der Waals surface area contributed by atoms with Gasteiger partial charge in [0.25, 0.3) is 11.8 Å². The summed E-state index contributed by atoms with van der Waals surface area (Å²) in [5, 5.41) is 7.89. The maximum atomic E-state index is 13.5. The van der Waals surface area contributed by atoms with E-state index in [1.54, 1.807) is 38.1 Å². The molecular weight excluding hydrogens is 482 g/mol. The minimum Gasteiger partial charge on any atom is -0.344 e. The molecule has 0 saturated heterocycles. The number of carbonyl (C=O) groups excluding carboxylic acids is 4. The van der Waals surface area contributed by atoms with Gasteiger partial charge in [-0.1, -0.05) is 32.0 Å². The largest absolute Gasteiger partial charge is 0.344 e. The Hall–Kier alpha value is -3.82. The van der Waals surface area contributed by atoms with Gasteiger partial charge in [-0.25, -0.2) is 13.8 Å². The molecule has 0 saturated carbocycles. The molecule has 0 spiro atoms. The Bertz CT molecular complexity index is 1180. The summed E-state index contributed by atoms with van der Waals surface area (Å²) in [6.45, 7) is 7.30. The van der Waals surface area contributed by atoms with Gasteiger partial charge >= 0.3 is 0 Å². The lowest BCUT2D eigenvalue weighted by Crippen LogP contribution is -2.54. The number of fused-ring (bicyclic) bond motifs is 1. The lowest BCUT2D eigenvalue weighted by Gasteiger charge is -2.34. The molecule has 0 aromatic heterocycles. The second kappa shape index (κ2) is 11.5. The number of likely N-dealkylation sites (N-methyl/N-ethyl adjacent to an activating group) is 1. The van der Waals surface area contributed by atoms with Crippen molar-refractivity contribution in [2.45, 2.75) is 58.7 Å². The van der Waals surface area contributed by atoms with Gasteiger partial charge in [0.15, 0.2) is 0 Å². The molecule has 2 aromatic rings. The van der Waals surface area contributed by atoms with Crippen molar-refractivity contribution < 1.29 is 28.0 Å². The molecular formula is C27H32F2N4O4. The van der Waals surface area contributed by atoms with Gasteiger partial charge in [0.1, 0.15) is 23.7 Å². The predicted molar refractivity (Wildman–Crippen MR) is 133 cm³/mol. The number of benzene rings is 2. The predicted octanol–water partition coefficient (Wildman–Crippen LogP) is 3.13. The van der Waals surface area contributed by atoms with Gasteiger partial charge in [0.2, 0.25) is 11.8 Å². The number of rotatable bonds is 8. The van der Waals surface area contributed by atoms with Crippen molar-refractivity contribution in [3.05, 3.63) is 70.8 Å². The molecule has 0 aliphatic carbocycles. The molecule has 2 atom stereocenters. The Morgan fingerprint density at radius 1 is 1.00 bits per heavy atom. The van der Waals surface area contributed by atoms with Gasteiger partial charge in [-0.05, 0) is 55.5 Å². The average Bonchev–Trinajstić information content (AvgIpc) is 2.87. The summed E-state index contributed by atoms with van der Waals surface area (Å²) >= 11 is 0. The minimum absolute atomic E-state index is 0.000435. The van der Waals surface area contributed by atoms with Crippen LogP contribution in [0.2, 0.25) is 0 Å². The molecule has 2 N–H and O–H groups in total. The second-order valence-electron chi connectivity index (χ2n) is 9.84. The number of hydrazine groups is 1. The van der Waals surface area contributed by atoms with Crippen LogP contribution >= 0.6 is 0 Å².